The van der Waals surface area contributed by atoms with Crippen molar-refractivity contribution < 1.29 is 14.3 Å². The molecule has 0 aliphatic carbocycles. The lowest BCUT2D eigenvalue weighted by molar-refractivity contribution is -0.133. The Morgan fingerprint density at radius 3 is 2.29 bits per heavy atom. The molecule has 1 aromatic carbocycles. The predicted octanol–water partition coefficient (Wildman–Crippen LogP) is 6.26. The van der Waals surface area contributed by atoms with Crippen molar-refractivity contribution in [3.63, 3.8) is 0 Å². The molecule has 1 heterocycles. The van der Waals surface area contributed by atoms with Crippen molar-refractivity contribution in [1.29, 1.82) is 0 Å². The fraction of sp³-hybridized carbons (Fsp3) is 0.688. The molecule has 1 fully saturated rings. The Labute approximate surface area is 232 Å². The van der Waals surface area contributed by atoms with Gasteiger partial charge in [0.15, 0.2) is 0 Å². The zero-order chi connectivity index (χ0) is 27.8. The first-order valence-electron chi connectivity index (χ1n) is 14.8. The van der Waals surface area contributed by atoms with E-state index in [-0.39, 0.29) is 11.3 Å². The van der Waals surface area contributed by atoms with E-state index in [1.807, 2.05) is 40.1 Å². The summed E-state index contributed by atoms with van der Waals surface area (Å²) in [5.74, 6) is 1.32. The van der Waals surface area contributed by atoms with Gasteiger partial charge in [0.25, 0.3) is 0 Å². The number of carbonyl (C=O) groups excluding carboxylic acids is 2. The van der Waals surface area contributed by atoms with Crippen LogP contribution in [0.5, 0.6) is 5.75 Å². The molecule has 2 amide bonds. The van der Waals surface area contributed by atoms with Gasteiger partial charge >= 0.3 is 0 Å². The first kappa shape index (κ1) is 31.9. The number of carbonyl (C=O) groups is 2. The number of benzene rings is 1. The number of amides is 2. The van der Waals surface area contributed by atoms with Crippen molar-refractivity contribution in [2.45, 2.75) is 85.5 Å². The van der Waals surface area contributed by atoms with Crippen molar-refractivity contribution in [2.24, 2.45) is 5.41 Å². The van der Waals surface area contributed by atoms with Crippen LogP contribution >= 0.6 is 0 Å². The van der Waals surface area contributed by atoms with Crippen LogP contribution in [0.15, 0.2) is 30.3 Å². The number of unbranched alkanes of at least 4 members (excludes halogenated alkanes) is 6. The molecule has 0 unspecified atom stereocenters. The summed E-state index contributed by atoms with van der Waals surface area (Å²) < 4.78 is 5.45. The monoisotopic (exact) mass is 527 g/mol. The fourth-order valence-electron chi connectivity index (χ4n) is 4.87. The van der Waals surface area contributed by atoms with Crippen LogP contribution in [0.3, 0.4) is 0 Å². The predicted molar refractivity (Wildman–Crippen MR) is 158 cm³/mol. The number of nitrogens with zero attached hydrogens (tertiary/aromatic N) is 3. The summed E-state index contributed by atoms with van der Waals surface area (Å²) in [4.78, 5) is 32.2. The summed E-state index contributed by atoms with van der Waals surface area (Å²) in [7, 11) is 1.68. The Balaban J connectivity index is 1.80. The number of ether oxygens (including phenoxy) is 1. The lowest BCUT2D eigenvalue weighted by Crippen LogP contribution is -2.50. The lowest BCUT2D eigenvalue weighted by atomic mass is 9.91. The van der Waals surface area contributed by atoms with Crippen LogP contribution in [0.25, 0.3) is 6.08 Å². The SMILES string of the molecule is CCCCCCCCCC(=O)N1CCN(CCN(C/C=C/c2ccccc2OC)C(=O)CC(C)(C)C)CC1. The van der Waals surface area contributed by atoms with E-state index in [2.05, 4.69) is 38.7 Å². The van der Waals surface area contributed by atoms with E-state index in [0.29, 0.717) is 31.8 Å². The molecule has 1 saturated heterocycles. The van der Waals surface area contributed by atoms with Crippen LogP contribution < -0.4 is 4.74 Å². The van der Waals surface area contributed by atoms with Crippen molar-refractivity contribution in [2.75, 3.05) is 52.9 Å². The molecule has 0 N–H and O–H groups in total. The Kier molecular flexibility index (Phi) is 14.5. The molecule has 0 spiro atoms. The number of piperazine rings is 1. The van der Waals surface area contributed by atoms with Gasteiger partial charge in [0.1, 0.15) is 5.75 Å². The average Bonchev–Trinajstić information content (AvgIpc) is 2.89. The Bertz CT molecular complexity index is 854. The zero-order valence-electron chi connectivity index (χ0n) is 24.8. The number of rotatable bonds is 16. The van der Waals surface area contributed by atoms with Crippen molar-refractivity contribution >= 4 is 17.9 Å². The highest BCUT2D eigenvalue weighted by atomic mass is 16.5. The van der Waals surface area contributed by atoms with Gasteiger partial charge in [-0.05, 0) is 17.9 Å². The van der Waals surface area contributed by atoms with Crippen LogP contribution in [-0.2, 0) is 9.59 Å². The number of hydrogen-bond acceptors (Lipinski definition) is 4. The second-order valence-corrected chi connectivity index (χ2v) is 11.8. The molecule has 0 bridgehead atoms. The number of para-hydroxylation sites is 1. The van der Waals surface area contributed by atoms with Gasteiger partial charge in [-0.3, -0.25) is 14.5 Å². The molecule has 1 aromatic rings. The minimum atomic E-state index is -0.0524. The molecule has 6 nitrogen and oxygen atoms in total. The highest BCUT2D eigenvalue weighted by Crippen LogP contribution is 2.21. The third-order valence-corrected chi connectivity index (χ3v) is 7.20. The minimum absolute atomic E-state index is 0.0524. The summed E-state index contributed by atoms with van der Waals surface area (Å²) in [5.41, 5.74) is 0.957. The van der Waals surface area contributed by atoms with E-state index in [1.54, 1.807) is 7.11 Å². The summed E-state index contributed by atoms with van der Waals surface area (Å²) >= 11 is 0. The van der Waals surface area contributed by atoms with Crippen molar-refractivity contribution in [3.05, 3.63) is 35.9 Å². The first-order valence-corrected chi connectivity index (χ1v) is 14.8. The fourth-order valence-corrected chi connectivity index (χ4v) is 4.87. The maximum atomic E-state index is 13.1. The highest BCUT2D eigenvalue weighted by Gasteiger charge is 2.24. The topological polar surface area (TPSA) is 53.1 Å². The second kappa shape index (κ2) is 17.3. The Morgan fingerprint density at radius 2 is 1.63 bits per heavy atom. The maximum absolute atomic E-state index is 13.1. The van der Waals surface area contributed by atoms with Gasteiger partial charge in [-0.1, -0.05) is 96.6 Å². The molecule has 1 aliphatic heterocycles. The van der Waals surface area contributed by atoms with Crippen LogP contribution in [0.1, 0.15) is 91.0 Å². The molecule has 6 heteroatoms. The molecule has 1 aliphatic rings. The van der Waals surface area contributed by atoms with E-state index in [1.165, 1.54) is 38.5 Å². The molecule has 38 heavy (non-hydrogen) atoms. The largest absolute Gasteiger partial charge is 0.496 e. The summed E-state index contributed by atoms with van der Waals surface area (Å²) in [6.07, 6.45) is 13.9. The summed E-state index contributed by atoms with van der Waals surface area (Å²) in [6, 6.07) is 7.91. The van der Waals surface area contributed by atoms with Gasteiger partial charge in [0.2, 0.25) is 11.8 Å². The molecule has 0 aromatic heterocycles. The number of methoxy groups -OCH3 is 1. The van der Waals surface area contributed by atoms with Crippen LogP contribution in [0, 0.1) is 5.41 Å². The molecule has 0 radical (unpaired) electrons. The average molecular weight is 528 g/mol. The van der Waals surface area contributed by atoms with Gasteiger partial charge < -0.3 is 14.5 Å². The van der Waals surface area contributed by atoms with Gasteiger partial charge in [-0.25, -0.2) is 0 Å². The van der Waals surface area contributed by atoms with E-state index < -0.39 is 0 Å². The molecule has 0 saturated carbocycles. The molecular weight excluding hydrogens is 474 g/mol. The molecule has 214 valence electrons. The quantitative estimate of drug-likeness (QED) is 0.238. The van der Waals surface area contributed by atoms with E-state index >= 15 is 0 Å². The third kappa shape index (κ3) is 12.5. The molecule has 0 atom stereocenters. The van der Waals surface area contributed by atoms with E-state index in [0.717, 1.165) is 50.5 Å². The van der Waals surface area contributed by atoms with Crippen LogP contribution in [-0.4, -0.2) is 79.4 Å². The van der Waals surface area contributed by atoms with Gasteiger partial charge in [-0.2, -0.15) is 0 Å². The van der Waals surface area contributed by atoms with Gasteiger partial charge in [-0.15, -0.1) is 0 Å². The summed E-state index contributed by atoms with van der Waals surface area (Å²) in [6.45, 7) is 14.0. The Hall–Kier alpha value is -2.34. The minimum Gasteiger partial charge on any atom is -0.496 e. The van der Waals surface area contributed by atoms with Gasteiger partial charge in [0, 0.05) is 64.2 Å². The van der Waals surface area contributed by atoms with Crippen molar-refractivity contribution in [3.8, 4) is 5.75 Å². The molecule has 2 rings (SSSR count). The van der Waals surface area contributed by atoms with Gasteiger partial charge in [0.05, 0.1) is 7.11 Å². The summed E-state index contributed by atoms with van der Waals surface area (Å²) in [5, 5.41) is 0. The first-order chi connectivity index (χ1) is 18.2. The standard InChI is InChI=1S/C32H53N3O3/c1-6-7-8-9-10-11-12-19-30(36)35-25-22-33(23-26-35)21-24-34(31(37)27-32(2,3)4)20-15-17-28-16-13-14-18-29(28)38-5/h13-18H,6-12,19-27H2,1-5H3/b17-15+. The van der Waals surface area contributed by atoms with E-state index in [9.17, 15) is 9.59 Å². The highest BCUT2D eigenvalue weighted by molar-refractivity contribution is 5.77. The maximum Gasteiger partial charge on any atom is 0.223 e. The number of hydrogen-bond donors (Lipinski definition) is 0. The normalized spacial score (nSPS) is 14.7. The van der Waals surface area contributed by atoms with Crippen molar-refractivity contribution in [1.82, 2.24) is 14.7 Å². The van der Waals surface area contributed by atoms with Crippen LogP contribution in [0.4, 0.5) is 0 Å². The van der Waals surface area contributed by atoms with Crippen LogP contribution in [0.2, 0.25) is 0 Å². The Morgan fingerprint density at radius 1 is 0.974 bits per heavy atom. The zero-order valence-corrected chi connectivity index (χ0v) is 24.8. The lowest BCUT2D eigenvalue weighted by Gasteiger charge is -2.36. The second-order valence-electron chi connectivity index (χ2n) is 11.8. The smallest absolute Gasteiger partial charge is 0.223 e. The molecular formula is C32H53N3O3. The third-order valence-electron chi connectivity index (χ3n) is 7.20. The van der Waals surface area contributed by atoms with E-state index in [4.69, 9.17) is 4.74 Å².